The Morgan fingerprint density at radius 1 is 1.04 bits per heavy atom. The number of carbonyl (C=O) groups is 1. The fraction of sp³-hybridized carbons (Fsp3) is 0.105. The van der Waals surface area contributed by atoms with Gasteiger partial charge in [0.05, 0.1) is 12.7 Å². The van der Waals surface area contributed by atoms with Crippen LogP contribution in [-0.4, -0.2) is 13.0 Å². The Labute approximate surface area is 134 Å². The van der Waals surface area contributed by atoms with E-state index < -0.39 is 5.91 Å². The molecule has 1 amide bonds. The first-order valence-corrected chi connectivity index (χ1v) is 7.26. The summed E-state index contributed by atoms with van der Waals surface area (Å²) in [5.41, 5.74) is 6.79. The van der Waals surface area contributed by atoms with Crippen molar-refractivity contribution in [1.82, 2.24) is 0 Å². The van der Waals surface area contributed by atoms with Gasteiger partial charge in [0, 0.05) is 6.07 Å². The summed E-state index contributed by atoms with van der Waals surface area (Å²) >= 11 is 0. The van der Waals surface area contributed by atoms with Gasteiger partial charge in [-0.1, -0.05) is 42.5 Å². The summed E-state index contributed by atoms with van der Waals surface area (Å²) in [4.78, 5) is 11.5. The van der Waals surface area contributed by atoms with Crippen molar-refractivity contribution in [3.8, 4) is 11.5 Å². The van der Waals surface area contributed by atoms with E-state index in [9.17, 15) is 4.79 Å². The predicted octanol–water partition coefficient (Wildman–Crippen LogP) is 3.53. The summed E-state index contributed by atoms with van der Waals surface area (Å²) in [7, 11) is 1.56. The van der Waals surface area contributed by atoms with Crippen molar-refractivity contribution in [1.29, 1.82) is 0 Å². The molecular weight excluding hydrogens is 290 g/mol. The largest absolute Gasteiger partial charge is 0.497 e. The standard InChI is InChI=1S/C19H17NO3/c1-22-15-9-10-17(19(20)21)18(11-15)23-12-14-7-4-6-13-5-2-3-8-16(13)14/h2-11H,12H2,1H3,(H2,20,21). The first kappa shape index (κ1) is 14.9. The summed E-state index contributed by atoms with van der Waals surface area (Å²) in [5, 5.41) is 2.27. The summed E-state index contributed by atoms with van der Waals surface area (Å²) in [5.74, 6) is 0.508. The minimum atomic E-state index is -0.527. The van der Waals surface area contributed by atoms with Crippen molar-refractivity contribution in [2.45, 2.75) is 6.61 Å². The van der Waals surface area contributed by atoms with Crippen LogP contribution in [-0.2, 0) is 6.61 Å². The van der Waals surface area contributed by atoms with Gasteiger partial charge < -0.3 is 15.2 Å². The van der Waals surface area contributed by atoms with Gasteiger partial charge in [-0.25, -0.2) is 0 Å². The third kappa shape index (κ3) is 3.11. The highest BCUT2D eigenvalue weighted by Gasteiger charge is 2.11. The van der Waals surface area contributed by atoms with Crippen molar-refractivity contribution in [3.05, 3.63) is 71.8 Å². The second-order valence-electron chi connectivity index (χ2n) is 5.15. The number of ether oxygens (including phenoxy) is 2. The van der Waals surface area contributed by atoms with E-state index in [1.165, 1.54) is 0 Å². The van der Waals surface area contributed by atoms with Crippen LogP contribution in [0.1, 0.15) is 15.9 Å². The van der Waals surface area contributed by atoms with E-state index in [1.807, 2.05) is 24.3 Å². The van der Waals surface area contributed by atoms with Gasteiger partial charge in [-0.15, -0.1) is 0 Å². The van der Waals surface area contributed by atoms with E-state index in [0.29, 0.717) is 23.7 Å². The van der Waals surface area contributed by atoms with Gasteiger partial charge in [-0.2, -0.15) is 0 Å². The average molecular weight is 307 g/mol. The Kier molecular flexibility index (Phi) is 4.15. The fourth-order valence-electron chi connectivity index (χ4n) is 2.53. The molecule has 3 aromatic rings. The zero-order chi connectivity index (χ0) is 16.2. The second-order valence-corrected chi connectivity index (χ2v) is 5.15. The highest BCUT2D eigenvalue weighted by molar-refractivity contribution is 5.95. The van der Waals surface area contributed by atoms with Crippen molar-refractivity contribution in [3.63, 3.8) is 0 Å². The summed E-state index contributed by atoms with van der Waals surface area (Å²) in [6, 6.07) is 19.1. The molecule has 0 spiro atoms. The van der Waals surface area contributed by atoms with Crippen LogP contribution < -0.4 is 15.2 Å². The maximum Gasteiger partial charge on any atom is 0.252 e. The Morgan fingerprint density at radius 2 is 1.83 bits per heavy atom. The van der Waals surface area contributed by atoms with E-state index in [1.54, 1.807) is 25.3 Å². The topological polar surface area (TPSA) is 61.5 Å². The minimum absolute atomic E-state index is 0.339. The summed E-state index contributed by atoms with van der Waals surface area (Å²) in [6.45, 7) is 0.342. The highest BCUT2D eigenvalue weighted by atomic mass is 16.5. The molecule has 23 heavy (non-hydrogen) atoms. The van der Waals surface area contributed by atoms with Crippen LogP contribution in [0.5, 0.6) is 11.5 Å². The van der Waals surface area contributed by atoms with Crippen molar-refractivity contribution >= 4 is 16.7 Å². The smallest absolute Gasteiger partial charge is 0.252 e. The quantitative estimate of drug-likeness (QED) is 0.784. The Hall–Kier alpha value is -3.01. The van der Waals surface area contributed by atoms with Gasteiger partial charge in [0.25, 0.3) is 5.91 Å². The van der Waals surface area contributed by atoms with Gasteiger partial charge in [-0.3, -0.25) is 4.79 Å². The highest BCUT2D eigenvalue weighted by Crippen LogP contribution is 2.26. The second kappa shape index (κ2) is 6.40. The van der Waals surface area contributed by atoms with Crippen molar-refractivity contribution < 1.29 is 14.3 Å². The van der Waals surface area contributed by atoms with Crippen LogP contribution in [0.3, 0.4) is 0 Å². The van der Waals surface area contributed by atoms with Gasteiger partial charge >= 0.3 is 0 Å². The normalized spacial score (nSPS) is 10.5. The summed E-state index contributed by atoms with van der Waals surface area (Å²) < 4.78 is 11.0. The maximum atomic E-state index is 11.5. The maximum absolute atomic E-state index is 11.5. The van der Waals surface area contributed by atoms with Crippen LogP contribution in [0.25, 0.3) is 10.8 Å². The molecule has 2 N–H and O–H groups in total. The molecule has 0 atom stereocenters. The van der Waals surface area contributed by atoms with Crippen molar-refractivity contribution in [2.75, 3.05) is 7.11 Å². The molecule has 4 nitrogen and oxygen atoms in total. The van der Waals surface area contributed by atoms with Gasteiger partial charge in [-0.05, 0) is 28.5 Å². The first-order chi connectivity index (χ1) is 11.2. The van der Waals surface area contributed by atoms with Crippen LogP contribution in [0, 0.1) is 0 Å². The minimum Gasteiger partial charge on any atom is -0.497 e. The molecule has 0 radical (unpaired) electrons. The molecule has 4 heteroatoms. The van der Waals surface area contributed by atoms with Crippen LogP contribution in [0.4, 0.5) is 0 Å². The molecule has 0 aromatic heterocycles. The molecule has 0 bridgehead atoms. The number of benzene rings is 3. The zero-order valence-corrected chi connectivity index (χ0v) is 12.8. The molecule has 0 aliphatic rings. The zero-order valence-electron chi connectivity index (χ0n) is 12.8. The number of hydrogen-bond acceptors (Lipinski definition) is 3. The number of fused-ring (bicyclic) bond motifs is 1. The van der Waals surface area contributed by atoms with Gasteiger partial charge in [0.15, 0.2) is 0 Å². The van der Waals surface area contributed by atoms with E-state index in [4.69, 9.17) is 15.2 Å². The lowest BCUT2D eigenvalue weighted by Gasteiger charge is -2.12. The molecule has 0 unspecified atom stereocenters. The third-order valence-corrected chi connectivity index (χ3v) is 3.72. The molecule has 0 fully saturated rings. The Bertz CT molecular complexity index is 853. The van der Waals surface area contributed by atoms with E-state index in [0.717, 1.165) is 16.3 Å². The Morgan fingerprint density at radius 3 is 2.61 bits per heavy atom. The Balaban J connectivity index is 1.92. The number of nitrogens with two attached hydrogens (primary N) is 1. The SMILES string of the molecule is COc1ccc(C(N)=O)c(OCc2cccc3ccccc23)c1. The molecule has 0 aliphatic heterocycles. The van der Waals surface area contributed by atoms with E-state index >= 15 is 0 Å². The molecule has 0 aliphatic carbocycles. The van der Waals surface area contributed by atoms with E-state index in [-0.39, 0.29) is 0 Å². The number of primary amides is 1. The average Bonchev–Trinajstić information content (AvgIpc) is 2.59. The summed E-state index contributed by atoms with van der Waals surface area (Å²) in [6.07, 6.45) is 0. The lowest BCUT2D eigenvalue weighted by Crippen LogP contribution is -2.13. The number of carbonyl (C=O) groups excluding carboxylic acids is 1. The lowest BCUT2D eigenvalue weighted by atomic mass is 10.1. The molecular formula is C19H17NO3. The molecule has 0 heterocycles. The number of amides is 1. The number of methoxy groups -OCH3 is 1. The fourth-order valence-corrected chi connectivity index (χ4v) is 2.53. The monoisotopic (exact) mass is 307 g/mol. The van der Waals surface area contributed by atoms with Gasteiger partial charge in [0.1, 0.15) is 18.1 Å². The first-order valence-electron chi connectivity index (χ1n) is 7.26. The lowest BCUT2D eigenvalue weighted by molar-refractivity contribution is 0.0996. The van der Waals surface area contributed by atoms with Crippen LogP contribution in [0.2, 0.25) is 0 Å². The van der Waals surface area contributed by atoms with Gasteiger partial charge in [0.2, 0.25) is 0 Å². The third-order valence-electron chi connectivity index (χ3n) is 3.72. The van der Waals surface area contributed by atoms with E-state index in [2.05, 4.69) is 18.2 Å². The molecule has 3 aromatic carbocycles. The molecule has 3 rings (SSSR count). The molecule has 0 saturated heterocycles. The molecule has 116 valence electrons. The van der Waals surface area contributed by atoms with Crippen LogP contribution >= 0.6 is 0 Å². The number of hydrogen-bond donors (Lipinski definition) is 1. The molecule has 0 saturated carbocycles. The predicted molar refractivity (Wildman–Crippen MR) is 89.8 cm³/mol. The van der Waals surface area contributed by atoms with Crippen LogP contribution in [0.15, 0.2) is 60.7 Å². The number of rotatable bonds is 5. The van der Waals surface area contributed by atoms with Crippen molar-refractivity contribution in [2.24, 2.45) is 5.73 Å².